The van der Waals surface area contributed by atoms with E-state index in [2.05, 4.69) is 65.0 Å². The van der Waals surface area contributed by atoms with Crippen molar-refractivity contribution in [1.82, 2.24) is 9.88 Å². The zero-order chi connectivity index (χ0) is 22.3. The molecule has 4 heteroatoms. The predicted octanol–water partition coefficient (Wildman–Crippen LogP) is 4.60. The summed E-state index contributed by atoms with van der Waals surface area (Å²) in [5, 5.41) is 9.60. The second-order valence-electron chi connectivity index (χ2n) is 8.45. The van der Waals surface area contributed by atoms with Crippen molar-refractivity contribution >= 4 is 0 Å². The highest BCUT2D eigenvalue weighted by atomic mass is 16.5. The highest BCUT2D eigenvalue weighted by Crippen LogP contribution is 2.20. The van der Waals surface area contributed by atoms with Crippen LogP contribution in [0.3, 0.4) is 0 Å². The number of likely N-dealkylation sites (tertiary alicyclic amines) is 1. The Bertz CT molecular complexity index is 1090. The largest absolute Gasteiger partial charge is 0.492 e. The second-order valence-corrected chi connectivity index (χ2v) is 8.45. The van der Waals surface area contributed by atoms with Crippen molar-refractivity contribution in [3.8, 4) is 28.7 Å². The van der Waals surface area contributed by atoms with Crippen molar-refractivity contribution in [3.63, 3.8) is 0 Å². The van der Waals surface area contributed by atoms with Crippen LogP contribution in [0.2, 0.25) is 0 Å². The van der Waals surface area contributed by atoms with Gasteiger partial charge in [0.1, 0.15) is 18.1 Å². The molecule has 4 nitrogen and oxygen atoms in total. The molecule has 0 bridgehead atoms. The van der Waals surface area contributed by atoms with Crippen LogP contribution in [0.4, 0.5) is 0 Å². The minimum absolute atomic E-state index is 0.135. The standard InChI is InChI=1S/C28H30N2O2/c1-21-3-7-24(8-4-21)25-9-11-26(29-20-25)10-5-23-6-12-28(22(2)19-23)32-18-17-30-15-13-27(31)14-16-30/h3-4,6-9,11-12,19-20,27,31H,13-18H2,1-2H3. The number of piperidine rings is 1. The number of pyridine rings is 1. The quantitative estimate of drug-likeness (QED) is 0.606. The van der Waals surface area contributed by atoms with Gasteiger partial charge in [0, 0.05) is 37.0 Å². The molecule has 0 radical (unpaired) electrons. The number of rotatable bonds is 5. The predicted molar refractivity (Wildman–Crippen MR) is 129 cm³/mol. The van der Waals surface area contributed by atoms with Crippen LogP contribution >= 0.6 is 0 Å². The van der Waals surface area contributed by atoms with Gasteiger partial charge in [-0.1, -0.05) is 41.8 Å². The summed E-state index contributed by atoms with van der Waals surface area (Å²) in [6.45, 7) is 7.56. The molecule has 2 aromatic carbocycles. The normalized spacial score (nSPS) is 14.6. The number of aromatic nitrogens is 1. The van der Waals surface area contributed by atoms with E-state index < -0.39 is 0 Å². The van der Waals surface area contributed by atoms with Crippen molar-refractivity contribution in [3.05, 3.63) is 83.2 Å². The molecule has 1 fully saturated rings. The van der Waals surface area contributed by atoms with Gasteiger partial charge in [0.2, 0.25) is 0 Å². The summed E-state index contributed by atoms with van der Waals surface area (Å²) < 4.78 is 5.98. The second kappa shape index (κ2) is 10.5. The number of nitrogens with zero attached hydrogens (tertiary/aromatic N) is 2. The zero-order valence-corrected chi connectivity index (χ0v) is 18.8. The number of ether oxygens (including phenoxy) is 1. The van der Waals surface area contributed by atoms with E-state index in [9.17, 15) is 5.11 Å². The minimum Gasteiger partial charge on any atom is -0.492 e. The summed E-state index contributed by atoms with van der Waals surface area (Å²) in [5.41, 5.74) is 6.28. The fourth-order valence-corrected chi connectivity index (χ4v) is 3.84. The number of hydrogen-bond acceptors (Lipinski definition) is 4. The molecule has 4 rings (SSSR count). The van der Waals surface area contributed by atoms with Crippen molar-refractivity contribution in [1.29, 1.82) is 0 Å². The molecule has 0 unspecified atom stereocenters. The van der Waals surface area contributed by atoms with E-state index in [1.54, 1.807) is 0 Å². The maximum absolute atomic E-state index is 9.60. The van der Waals surface area contributed by atoms with E-state index in [1.807, 2.05) is 31.3 Å². The van der Waals surface area contributed by atoms with E-state index in [0.717, 1.165) is 66.2 Å². The van der Waals surface area contributed by atoms with E-state index in [1.165, 1.54) is 5.56 Å². The van der Waals surface area contributed by atoms with Crippen LogP contribution in [0.15, 0.2) is 60.8 Å². The molecule has 3 aromatic rings. The van der Waals surface area contributed by atoms with Crippen LogP contribution in [0.5, 0.6) is 5.75 Å². The van der Waals surface area contributed by atoms with Crippen LogP contribution in [0.25, 0.3) is 11.1 Å². The summed E-state index contributed by atoms with van der Waals surface area (Å²) in [4.78, 5) is 6.85. The number of benzene rings is 2. The topological polar surface area (TPSA) is 45.6 Å². The molecule has 0 amide bonds. The smallest absolute Gasteiger partial charge is 0.122 e. The van der Waals surface area contributed by atoms with Gasteiger partial charge in [0.25, 0.3) is 0 Å². The Morgan fingerprint density at radius 1 is 0.969 bits per heavy atom. The zero-order valence-electron chi connectivity index (χ0n) is 18.8. The molecule has 2 heterocycles. The highest BCUT2D eigenvalue weighted by Gasteiger charge is 2.16. The molecule has 1 saturated heterocycles. The van der Waals surface area contributed by atoms with Gasteiger partial charge in [-0.05, 0) is 68.0 Å². The lowest BCUT2D eigenvalue weighted by atomic mass is 10.1. The Labute approximate surface area is 190 Å². The lowest BCUT2D eigenvalue weighted by molar-refractivity contribution is 0.0754. The first-order chi connectivity index (χ1) is 15.6. The summed E-state index contributed by atoms with van der Waals surface area (Å²) in [7, 11) is 0. The maximum atomic E-state index is 9.60. The van der Waals surface area contributed by atoms with Crippen molar-refractivity contribution in [2.75, 3.05) is 26.2 Å². The van der Waals surface area contributed by atoms with Gasteiger partial charge in [-0.2, -0.15) is 0 Å². The van der Waals surface area contributed by atoms with Crippen LogP contribution in [-0.2, 0) is 0 Å². The van der Waals surface area contributed by atoms with E-state index >= 15 is 0 Å². The Morgan fingerprint density at radius 3 is 2.41 bits per heavy atom. The molecule has 1 aliphatic heterocycles. The molecule has 0 spiro atoms. The van der Waals surface area contributed by atoms with Gasteiger partial charge in [-0.3, -0.25) is 4.90 Å². The molecule has 164 valence electrons. The molecule has 1 aliphatic rings. The lowest BCUT2D eigenvalue weighted by Gasteiger charge is -2.29. The molecule has 0 aliphatic carbocycles. The molecular weight excluding hydrogens is 396 g/mol. The molecule has 0 atom stereocenters. The van der Waals surface area contributed by atoms with Crippen LogP contribution in [0, 0.1) is 25.7 Å². The first-order valence-electron chi connectivity index (χ1n) is 11.3. The minimum atomic E-state index is -0.135. The fraction of sp³-hybridized carbons (Fsp3) is 0.321. The number of aryl methyl sites for hydroxylation is 2. The fourth-order valence-electron chi connectivity index (χ4n) is 3.84. The van der Waals surface area contributed by atoms with Gasteiger partial charge < -0.3 is 9.84 Å². The van der Waals surface area contributed by atoms with Crippen LogP contribution in [-0.4, -0.2) is 47.3 Å². The molecule has 0 saturated carbocycles. The molecule has 1 aromatic heterocycles. The first kappa shape index (κ1) is 22.1. The summed E-state index contributed by atoms with van der Waals surface area (Å²) >= 11 is 0. The molecule has 32 heavy (non-hydrogen) atoms. The number of hydrogen-bond donors (Lipinski definition) is 1. The van der Waals surface area contributed by atoms with Crippen LogP contribution in [0.1, 0.15) is 35.2 Å². The average molecular weight is 427 g/mol. The van der Waals surface area contributed by atoms with E-state index in [0.29, 0.717) is 6.61 Å². The summed E-state index contributed by atoms with van der Waals surface area (Å²) in [6, 6.07) is 18.5. The Morgan fingerprint density at radius 2 is 1.72 bits per heavy atom. The molecule has 1 N–H and O–H groups in total. The molecular formula is C28H30N2O2. The highest BCUT2D eigenvalue weighted by molar-refractivity contribution is 5.63. The van der Waals surface area contributed by atoms with E-state index in [-0.39, 0.29) is 6.10 Å². The van der Waals surface area contributed by atoms with E-state index in [4.69, 9.17) is 4.74 Å². The number of aliphatic hydroxyl groups excluding tert-OH is 1. The third-order valence-electron chi connectivity index (χ3n) is 5.88. The summed E-state index contributed by atoms with van der Waals surface area (Å²) in [5.74, 6) is 7.26. The summed E-state index contributed by atoms with van der Waals surface area (Å²) in [6.07, 6.45) is 3.45. The number of aliphatic hydroxyl groups is 1. The first-order valence-corrected chi connectivity index (χ1v) is 11.3. The van der Waals surface area contributed by atoms with Gasteiger partial charge in [-0.25, -0.2) is 4.98 Å². The van der Waals surface area contributed by atoms with Crippen molar-refractivity contribution in [2.24, 2.45) is 0 Å². The Hall–Kier alpha value is -3.13. The van der Waals surface area contributed by atoms with Gasteiger partial charge >= 0.3 is 0 Å². The van der Waals surface area contributed by atoms with Crippen molar-refractivity contribution in [2.45, 2.75) is 32.8 Å². The average Bonchev–Trinajstić information content (AvgIpc) is 2.81. The third-order valence-corrected chi connectivity index (χ3v) is 5.88. The Kier molecular flexibility index (Phi) is 7.21. The SMILES string of the molecule is Cc1ccc(-c2ccc(C#Cc3ccc(OCCN4CCC(O)CC4)c(C)c3)nc2)cc1. The lowest BCUT2D eigenvalue weighted by Crippen LogP contribution is -2.38. The van der Waals surface area contributed by atoms with Gasteiger partial charge in [-0.15, -0.1) is 0 Å². The Balaban J connectivity index is 1.33. The maximum Gasteiger partial charge on any atom is 0.122 e. The van der Waals surface area contributed by atoms with Crippen LogP contribution < -0.4 is 4.74 Å². The third kappa shape index (κ3) is 5.97. The van der Waals surface area contributed by atoms with Crippen molar-refractivity contribution < 1.29 is 9.84 Å². The van der Waals surface area contributed by atoms with Gasteiger partial charge in [0.15, 0.2) is 0 Å². The van der Waals surface area contributed by atoms with Gasteiger partial charge in [0.05, 0.1) is 6.10 Å². The monoisotopic (exact) mass is 426 g/mol.